The lowest BCUT2D eigenvalue weighted by molar-refractivity contribution is -0.387. The smallest absolute Gasteiger partial charge is 0.311 e. The lowest BCUT2D eigenvalue weighted by atomic mass is 9.99. The summed E-state index contributed by atoms with van der Waals surface area (Å²) in [6.07, 6.45) is -7.35. The van der Waals surface area contributed by atoms with Crippen LogP contribution in [0, 0.1) is 10.1 Å². The van der Waals surface area contributed by atoms with Crippen molar-refractivity contribution >= 4 is 5.69 Å². The number of nitro benzene ring substituents is 1. The molecule has 0 unspecified atom stereocenters. The number of aliphatic hydroxyl groups is 4. The Labute approximate surface area is 119 Å². The highest BCUT2D eigenvalue weighted by atomic mass is 16.7. The SMILES string of the molecule is O=[N+]([O-])c1ccccc1O[C@H]1O[C@@H](CO)[C@@H](O)[C@@H](O)[C@H]1O. The van der Waals surface area contributed by atoms with Crippen LogP contribution in [0.3, 0.4) is 0 Å². The standard InChI is InChI=1S/C12H15NO8/c14-5-8-9(15)10(16)11(17)12(21-8)20-7-4-2-1-3-6(7)13(18)19/h1-4,8-12,14-17H,5H2/t8-,9+,10+,11+,12-/m0/s1. The zero-order valence-corrected chi connectivity index (χ0v) is 10.8. The molecule has 9 nitrogen and oxygen atoms in total. The maximum Gasteiger partial charge on any atom is 0.311 e. The summed E-state index contributed by atoms with van der Waals surface area (Å²) in [5.74, 6) is -0.160. The van der Waals surface area contributed by atoms with E-state index in [0.717, 1.165) is 0 Å². The number of ether oxygens (including phenoxy) is 2. The minimum absolute atomic E-state index is 0.160. The van der Waals surface area contributed by atoms with E-state index in [1.54, 1.807) is 0 Å². The molecular formula is C12H15NO8. The topological polar surface area (TPSA) is 143 Å². The minimum Gasteiger partial charge on any atom is -0.455 e. The molecule has 1 aromatic rings. The molecule has 1 aliphatic heterocycles. The molecule has 21 heavy (non-hydrogen) atoms. The molecule has 5 atom stereocenters. The molecule has 0 amide bonds. The summed E-state index contributed by atoms with van der Waals surface area (Å²) in [6, 6.07) is 5.45. The van der Waals surface area contributed by atoms with Gasteiger partial charge in [0.05, 0.1) is 11.5 Å². The Hall–Kier alpha value is -1.78. The molecule has 116 valence electrons. The maximum atomic E-state index is 10.9. The Morgan fingerprint density at radius 1 is 1.19 bits per heavy atom. The number of nitrogens with zero attached hydrogens (tertiary/aromatic N) is 1. The maximum absolute atomic E-state index is 10.9. The van der Waals surface area contributed by atoms with Crippen molar-refractivity contribution in [2.45, 2.75) is 30.7 Å². The third-order valence-electron chi connectivity index (χ3n) is 3.15. The molecule has 1 aromatic carbocycles. The second kappa shape index (κ2) is 6.33. The molecule has 4 N–H and O–H groups in total. The van der Waals surface area contributed by atoms with Crippen LogP contribution in [-0.2, 0) is 4.74 Å². The monoisotopic (exact) mass is 301 g/mol. The zero-order chi connectivity index (χ0) is 15.6. The summed E-state index contributed by atoms with van der Waals surface area (Å²) in [7, 11) is 0. The van der Waals surface area contributed by atoms with Gasteiger partial charge in [-0.25, -0.2) is 0 Å². The number of aliphatic hydroxyl groups excluding tert-OH is 4. The van der Waals surface area contributed by atoms with Gasteiger partial charge in [0.2, 0.25) is 6.29 Å². The van der Waals surface area contributed by atoms with Gasteiger partial charge in [0.25, 0.3) is 0 Å². The van der Waals surface area contributed by atoms with Gasteiger partial charge in [-0.2, -0.15) is 0 Å². The molecule has 1 heterocycles. The normalized spacial score (nSPS) is 32.7. The first-order valence-corrected chi connectivity index (χ1v) is 6.16. The van der Waals surface area contributed by atoms with Crippen LogP contribution >= 0.6 is 0 Å². The van der Waals surface area contributed by atoms with Crippen molar-refractivity contribution in [3.05, 3.63) is 34.4 Å². The Bertz CT molecular complexity index is 508. The molecule has 0 aromatic heterocycles. The van der Waals surface area contributed by atoms with Crippen LogP contribution in [-0.4, -0.2) is 62.7 Å². The summed E-state index contributed by atoms with van der Waals surface area (Å²) >= 11 is 0. The number of nitro groups is 1. The van der Waals surface area contributed by atoms with Gasteiger partial charge < -0.3 is 29.9 Å². The fourth-order valence-electron chi connectivity index (χ4n) is 2.00. The van der Waals surface area contributed by atoms with Gasteiger partial charge in [-0.15, -0.1) is 0 Å². The van der Waals surface area contributed by atoms with E-state index in [1.807, 2.05) is 0 Å². The predicted molar refractivity (Wildman–Crippen MR) is 67.5 cm³/mol. The Morgan fingerprint density at radius 2 is 1.86 bits per heavy atom. The van der Waals surface area contributed by atoms with Gasteiger partial charge in [-0.1, -0.05) is 12.1 Å². The van der Waals surface area contributed by atoms with E-state index in [1.165, 1.54) is 24.3 Å². The highest BCUT2D eigenvalue weighted by molar-refractivity contribution is 5.45. The summed E-state index contributed by atoms with van der Waals surface area (Å²) in [6.45, 7) is -0.609. The molecular weight excluding hydrogens is 286 g/mol. The second-order valence-electron chi connectivity index (χ2n) is 4.54. The Balaban J connectivity index is 2.20. The van der Waals surface area contributed by atoms with E-state index in [0.29, 0.717) is 0 Å². The molecule has 0 radical (unpaired) electrons. The van der Waals surface area contributed by atoms with Crippen molar-refractivity contribution in [1.82, 2.24) is 0 Å². The van der Waals surface area contributed by atoms with Gasteiger partial charge in [0.1, 0.15) is 24.4 Å². The van der Waals surface area contributed by atoms with Crippen LogP contribution in [0.1, 0.15) is 0 Å². The van der Waals surface area contributed by atoms with Gasteiger partial charge in [0.15, 0.2) is 5.75 Å². The second-order valence-corrected chi connectivity index (χ2v) is 4.54. The number of rotatable bonds is 4. The van der Waals surface area contributed by atoms with Crippen molar-refractivity contribution in [3.8, 4) is 5.75 Å². The molecule has 9 heteroatoms. The quantitative estimate of drug-likeness (QED) is 0.400. The number of benzene rings is 1. The van der Waals surface area contributed by atoms with E-state index in [9.17, 15) is 25.4 Å². The molecule has 0 aliphatic carbocycles. The molecule has 1 fully saturated rings. The first-order valence-electron chi connectivity index (χ1n) is 6.16. The lowest BCUT2D eigenvalue weighted by Gasteiger charge is -2.39. The number of hydrogen-bond acceptors (Lipinski definition) is 8. The fourth-order valence-corrected chi connectivity index (χ4v) is 2.00. The highest BCUT2D eigenvalue weighted by Gasteiger charge is 2.45. The fraction of sp³-hybridized carbons (Fsp3) is 0.500. The molecule has 0 bridgehead atoms. The van der Waals surface area contributed by atoms with E-state index in [4.69, 9.17) is 14.6 Å². The molecule has 0 saturated carbocycles. The summed E-state index contributed by atoms with van der Waals surface area (Å²) < 4.78 is 10.3. The average molecular weight is 301 g/mol. The lowest BCUT2D eigenvalue weighted by Crippen LogP contribution is -2.60. The molecule has 2 rings (SSSR count). The number of hydrogen-bond donors (Lipinski definition) is 4. The first-order chi connectivity index (χ1) is 9.95. The zero-order valence-electron chi connectivity index (χ0n) is 10.8. The summed E-state index contributed by atoms with van der Waals surface area (Å²) in [5, 5.41) is 49.0. The first kappa shape index (κ1) is 15.6. The van der Waals surface area contributed by atoms with Gasteiger partial charge in [-0.05, 0) is 6.07 Å². The van der Waals surface area contributed by atoms with E-state index in [2.05, 4.69) is 0 Å². The minimum atomic E-state index is -1.62. The summed E-state index contributed by atoms with van der Waals surface area (Å²) in [5.41, 5.74) is -0.338. The molecule has 0 spiro atoms. The van der Waals surface area contributed by atoms with Crippen LogP contribution in [0.4, 0.5) is 5.69 Å². The van der Waals surface area contributed by atoms with E-state index >= 15 is 0 Å². The van der Waals surface area contributed by atoms with Crippen molar-refractivity contribution in [2.75, 3.05) is 6.61 Å². The predicted octanol–water partition coefficient (Wildman–Crippen LogP) is -1.23. The van der Waals surface area contributed by atoms with Crippen molar-refractivity contribution in [2.24, 2.45) is 0 Å². The van der Waals surface area contributed by atoms with Crippen LogP contribution in [0.15, 0.2) is 24.3 Å². The highest BCUT2D eigenvalue weighted by Crippen LogP contribution is 2.30. The molecule has 1 aliphatic rings. The number of para-hydroxylation sites is 2. The van der Waals surface area contributed by atoms with Gasteiger partial charge in [-0.3, -0.25) is 10.1 Å². The molecule has 1 saturated heterocycles. The third kappa shape index (κ3) is 3.12. The van der Waals surface area contributed by atoms with E-state index < -0.39 is 42.2 Å². The largest absolute Gasteiger partial charge is 0.455 e. The Kier molecular flexibility index (Phi) is 4.70. The van der Waals surface area contributed by atoms with E-state index in [-0.39, 0.29) is 11.4 Å². The Morgan fingerprint density at radius 3 is 2.48 bits per heavy atom. The van der Waals surface area contributed by atoms with Crippen LogP contribution < -0.4 is 4.74 Å². The van der Waals surface area contributed by atoms with Crippen molar-refractivity contribution < 1.29 is 34.8 Å². The van der Waals surface area contributed by atoms with Crippen LogP contribution in [0.2, 0.25) is 0 Å². The third-order valence-corrected chi connectivity index (χ3v) is 3.15. The van der Waals surface area contributed by atoms with Gasteiger partial charge >= 0.3 is 5.69 Å². The van der Waals surface area contributed by atoms with Crippen molar-refractivity contribution in [1.29, 1.82) is 0 Å². The van der Waals surface area contributed by atoms with Crippen LogP contribution in [0.25, 0.3) is 0 Å². The van der Waals surface area contributed by atoms with Crippen molar-refractivity contribution in [3.63, 3.8) is 0 Å². The average Bonchev–Trinajstić information content (AvgIpc) is 2.48. The van der Waals surface area contributed by atoms with Gasteiger partial charge in [0, 0.05) is 6.07 Å². The van der Waals surface area contributed by atoms with Crippen LogP contribution in [0.5, 0.6) is 5.75 Å². The summed E-state index contributed by atoms with van der Waals surface area (Å²) in [4.78, 5) is 10.2.